The van der Waals surface area contributed by atoms with E-state index in [-0.39, 0.29) is 5.56 Å². The smallest absolute Gasteiger partial charge is 0.250 e. The van der Waals surface area contributed by atoms with Crippen molar-refractivity contribution in [2.24, 2.45) is 5.73 Å². The SMILES string of the molecule is CCCc1nccn1-c1ccc(F)cc1C(N)=O. The maximum atomic E-state index is 13.2. The van der Waals surface area contributed by atoms with Gasteiger partial charge in [0, 0.05) is 18.8 Å². The quantitative estimate of drug-likeness (QED) is 0.899. The molecule has 0 aliphatic rings. The minimum atomic E-state index is -0.652. The molecule has 0 saturated heterocycles. The molecule has 2 N–H and O–H groups in total. The summed E-state index contributed by atoms with van der Waals surface area (Å²) in [5.74, 6) is -0.308. The molecule has 0 aliphatic carbocycles. The van der Waals surface area contributed by atoms with E-state index in [9.17, 15) is 9.18 Å². The van der Waals surface area contributed by atoms with E-state index in [1.54, 1.807) is 17.0 Å². The predicted molar refractivity (Wildman–Crippen MR) is 66.0 cm³/mol. The summed E-state index contributed by atoms with van der Waals surface area (Å²) in [5, 5.41) is 0. The number of hydrogen-bond donors (Lipinski definition) is 1. The third-order valence-corrected chi connectivity index (χ3v) is 2.67. The second kappa shape index (κ2) is 5.00. The lowest BCUT2D eigenvalue weighted by Gasteiger charge is -2.11. The van der Waals surface area contributed by atoms with E-state index in [0.29, 0.717) is 5.69 Å². The van der Waals surface area contributed by atoms with Gasteiger partial charge in [-0.3, -0.25) is 4.79 Å². The van der Waals surface area contributed by atoms with E-state index >= 15 is 0 Å². The lowest BCUT2D eigenvalue weighted by molar-refractivity contribution is 0.1000. The summed E-state index contributed by atoms with van der Waals surface area (Å²) in [6.07, 6.45) is 5.11. The monoisotopic (exact) mass is 247 g/mol. The summed E-state index contributed by atoms with van der Waals surface area (Å²) in [7, 11) is 0. The van der Waals surface area contributed by atoms with Crippen LogP contribution >= 0.6 is 0 Å². The van der Waals surface area contributed by atoms with Crippen molar-refractivity contribution in [1.82, 2.24) is 9.55 Å². The van der Waals surface area contributed by atoms with E-state index in [1.165, 1.54) is 12.1 Å². The third kappa shape index (κ3) is 2.25. The number of primary amides is 1. The highest BCUT2D eigenvalue weighted by molar-refractivity contribution is 5.96. The molecule has 2 rings (SSSR count). The van der Waals surface area contributed by atoms with Crippen LogP contribution in [0, 0.1) is 5.82 Å². The normalized spacial score (nSPS) is 10.6. The molecule has 18 heavy (non-hydrogen) atoms. The fraction of sp³-hybridized carbons (Fsp3) is 0.231. The van der Waals surface area contributed by atoms with Gasteiger partial charge in [-0.2, -0.15) is 0 Å². The Kier molecular flexibility index (Phi) is 3.41. The summed E-state index contributed by atoms with van der Waals surface area (Å²) < 4.78 is 14.9. The molecule has 4 nitrogen and oxygen atoms in total. The maximum Gasteiger partial charge on any atom is 0.250 e. The fourth-order valence-electron chi connectivity index (χ4n) is 1.88. The summed E-state index contributed by atoms with van der Waals surface area (Å²) in [5.41, 5.74) is 5.99. The van der Waals surface area contributed by atoms with Gasteiger partial charge in [-0.05, 0) is 24.6 Å². The molecule has 0 unspecified atom stereocenters. The number of carbonyl (C=O) groups excluding carboxylic acids is 1. The van der Waals surface area contributed by atoms with Gasteiger partial charge in [0.15, 0.2) is 0 Å². The van der Waals surface area contributed by atoms with Crippen molar-refractivity contribution in [2.45, 2.75) is 19.8 Å². The third-order valence-electron chi connectivity index (χ3n) is 2.67. The predicted octanol–water partition coefficient (Wildman–Crippen LogP) is 2.06. The zero-order valence-corrected chi connectivity index (χ0v) is 10.1. The van der Waals surface area contributed by atoms with Gasteiger partial charge in [0.1, 0.15) is 11.6 Å². The van der Waals surface area contributed by atoms with Crippen molar-refractivity contribution in [3.63, 3.8) is 0 Å². The lowest BCUT2D eigenvalue weighted by atomic mass is 10.1. The molecule has 0 saturated carbocycles. The van der Waals surface area contributed by atoms with Gasteiger partial charge in [-0.1, -0.05) is 6.92 Å². The molecule has 5 heteroatoms. The van der Waals surface area contributed by atoms with E-state index in [2.05, 4.69) is 4.98 Å². The van der Waals surface area contributed by atoms with Crippen LogP contribution in [0.15, 0.2) is 30.6 Å². The summed E-state index contributed by atoms with van der Waals surface area (Å²) in [6.45, 7) is 2.04. The van der Waals surface area contributed by atoms with E-state index < -0.39 is 11.7 Å². The number of nitrogens with two attached hydrogens (primary N) is 1. The molecule has 94 valence electrons. The van der Waals surface area contributed by atoms with Crippen molar-refractivity contribution in [3.05, 3.63) is 47.8 Å². The molecule has 0 aliphatic heterocycles. The topological polar surface area (TPSA) is 60.9 Å². The Morgan fingerprint density at radius 1 is 1.50 bits per heavy atom. The largest absolute Gasteiger partial charge is 0.366 e. The van der Waals surface area contributed by atoms with E-state index in [1.807, 2.05) is 6.92 Å². The van der Waals surface area contributed by atoms with Crippen molar-refractivity contribution < 1.29 is 9.18 Å². The van der Waals surface area contributed by atoms with Gasteiger partial charge in [0.25, 0.3) is 5.91 Å². The van der Waals surface area contributed by atoms with Crippen LogP contribution in [-0.2, 0) is 6.42 Å². The highest BCUT2D eigenvalue weighted by Crippen LogP contribution is 2.18. The first kappa shape index (κ1) is 12.3. The molecule has 0 spiro atoms. The minimum Gasteiger partial charge on any atom is -0.366 e. The second-order valence-electron chi connectivity index (χ2n) is 3.99. The number of carbonyl (C=O) groups is 1. The Bertz CT molecular complexity index is 577. The molecule has 1 aromatic heterocycles. The number of halogens is 1. The molecular formula is C13H14FN3O. The van der Waals surface area contributed by atoms with Crippen LogP contribution in [0.25, 0.3) is 5.69 Å². The molecule has 1 heterocycles. The number of amides is 1. The minimum absolute atomic E-state index is 0.158. The highest BCUT2D eigenvalue weighted by atomic mass is 19.1. The lowest BCUT2D eigenvalue weighted by Crippen LogP contribution is -2.15. The van der Waals surface area contributed by atoms with Crippen molar-refractivity contribution in [1.29, 1.82) is 0 Å². The van der Waals surface area contributed by atoms with Gasteiger partial charge in [0.2, 0.25) is 0 Å². The zero-order chi connectivity index (χ0) is 13.1. The highest BCUT2D eigenvalue weighted by Gasteiger charge is 2.13. The molecule has 0 bridgehead atoms. The van der Waals surface area contributed by atoms with Gasteiger partial charge < -0.3 is 10.3 Å². The van der Waals surface area contributed by atoms with Gasteiger partial charge in [-0.15, -0.1) is 0 Å². The number of hydrogen-bond acceptors (Lipinski definition) is 2. The van der Waals surface area contributed by atoms with Crippen LogP contribution in [0.3, 0.4) is 0 Å². The van der Waals surface area contributed by atoms with Crippen molar-refractivity contribution in [2.75, 3.05) is 0 Å². The Balaban J connectivity index is 2.56. The van der Waals surface area contributed by atoms with Gasteiger partial charge in [-0.25, -0.2) is 9.37 Å². The Labute approximate surface area is 104 Å². The van der Waals surface area contributed by atoms with Crippen molar-refractivity contribution >= 4 is 5.91 Å². The van der Waals surface area contributed by atoms with Crippen LogP contribution in [0.5, 0.6) is 0 Å². The summed E-state index contributed by atoms with van der Waals surface area (Å²) in [6, 6.07) is 3.99. The number of nitrogens with zero attached hydrogens (tertiary/aromatic N) is 2. The van der Waals surface area contributed by atoms with Gasteiger partial charge >= 0.3 is 0 Å². The molecule has 1 amide bonds. The summed E-state index contributed by atoms with van der Waals surface area (Å²) in [4.78, 5) is 15.6. The Hall–Kier alpha value is -2.17. The van der Waals surface area contributed by atoms with Crippen LogP contribution in [0.1, 0.15) is 29.5 Å². The number of benzene rings is 1. The van der Waals surface area contributed by atoms with Crippen LogP contribution in [0.4, 0.5) is 4.39 Å². The first-order chi connectivity index (χ1) is 8.63. The number of rotatable bonds is 4. The second-order valence-corrected chi connectivity index (χ2v) is 3.99. The fourth-order valence-corrected chi connectivity index (χ4v) is 1.88. The zero-order valence-electron chi connectivity index (χ0n) is 10.1. The summed E-state index contributed by atoms with van der Waals surface area (Å²) >= 11 is 0. The molecule has 2 aromatic rings. The molecule has 0 atom stereocenters. The Morgan fingerprint density at radius 3 is 2.94 bits per heavy atom. The average molecular weight is 247 g/mol. The number of aryl methyl sites for hydroxylation is 1. The number of imidazole rings is 1. The standard InChI is InChI=1S/C13H14FN3O/c1-2-3-12-16-6-7-17(12)11-5-4-9(14)8-10(11)13(15)18/h4-8H,2-3H2,1H3,(H2,15,18). The first-order valence-corrected chi connectivity index (χ1v) is 5.75. The van der Waals surface area contributed by atoms with E-state index in [4.69, 9.17) is 5.73 Å². The Morgan fingerprint density at radius 2 is 2.28 bits per heavy atom. The first-order valence-electron chi connectivity index (χ1n) is 5.75. The van der Waals surface area contributed by atoms with Crippen molar-refractivity contribution in [3.8, 4) is 5.69 Å². The maximum absolute atomic E-state index is 13.2. The molecule has 0 fully saturated rings. The van der Waals surface area contributed by atoms with Crippen LogP contribution < -0.4 is 5.73 Å². The molecule has 0 radical (unpaired) electrons. The van der Waals surface area contributed by atoms with Crippen LogP contribution in [0.2, 0.25) is 0 Å². The molecular weight excluding hydrogens is 233 g/mol. The average Bonchev–Trinajstić information content (AvgIpc) is 2.77. The van der Waals surface area contributed by atoms with E-state index in [0.717, 1.165) is 24.7 Å². The van der Waals surface area contributed by atoms with Crippen LogP contribution in [-0.4, -0.2) is 15.5 Å². The number of aromatic nitrogens is 2. The van der Waals surface area contributed by atoms with Gasteiger partial charge in [0.05, 0.1) is 11.3 Å². The molecule has 1 aromatic carbocycles.